The number of anilines is 1. The Kier molecular flexibility index (Phi) is 3.46. The molecule has 0 saturated carbocycles. The number of amides is 1. The highest BCUT2D eigenvalue weighted by Crippen LogP contribution is 2.19. The maximum atomic E-state index is 11.9. The summed E-state index contributed by atoms with van der Waals surface area (Å²) in [6.45, 7) is 0.846. The van der Waals surface area contributed by atoms with Crippen LogP contribution >= 0.6 is 22.6 Å². The summed E-state index contributed by atoms with van der Waals surface area (Å²) in [6.07, 6.45) is 0.572. The van der Waals surface area contributed by atoms with E-state index in [9.17, 15) is 4.79 Å². The van der Waals surface area contributed by atoms with Crippen molar-refractivity contribution in [3.05, 3.63) is 27.8 Å². The number of nitrogens with one attached hydrogen (secondary N) is 1. The van der Waals surface area contributed by atoms with E-state index >= 15 is 0 Å². The van der Waals surface area contributed by atoms with Crippen molar-refractivity contribution in [1.29, 1.82) is 0 Å². The van der Waals surface area contributed by atoms with Gasteiger partial charge in [-0.2, -0.15) is 0 Å². The van der Waals surface area contributed by atoms with Gasteiger partial charge in [-0.1, -0.05) is 6.07 Å². The second kappa shape index (κ2) is 4.68. The van der Waals surface area contributed by atoms with Crippen LogP contribution in [0.25, 0.3) is 0 Å². The molecule has 1 unspecified atom stereocenters. The van der Waals surface area contributed by atoms with Crippen LogP contribution in [0.1, 0.15) is 6.42 Å². The Morgan fingerprint density at radius 2 is 2.38 bits per heavy atom. The fourth-order valence-electron chi connectivity index (χ4n) is 1.58. The first-order valence-electron chi connectivity index (χ1n) is 5.04. The third kappa shape index (κ3) is 2.53. The number of nitrogens with two attached hydrogens (primary N) is 1. The second-order valence-electron chi connectivity index (χ2n) is 3.92. The fourth-order valence-corrected chi connectivity index (χ4v) is 2.12. The Bertz CT molecular complexity index is 403. The van der Waals surface area contributed by atoms with Gasteiger partial charge in [0.2, 0.25) is 5.91 Å². The number of carbonyl (C=O) groups is 1. The molecule has 2 rings (SSSR count). The Balaban J connectivity index is 2.07. The van der Waals surface area contributed by atoms with E-state index in [1.807, 2.05) is 24.3 Å². The molecule has 1 aliphatic heterocycles. The molecule has 1 aliphatic rings. The van der Waals surface area contributed by atoms with Crippen LogP contribution in [0.5, 0.6) is 0 Å². The van der Waals surface area contributed by atoms with Gasteiger partial charge in [-0.05, 0) is 47.2 Å². The zero-order valence-corrected chi connectivity index (χ0v) is 10.9. The fraction of sp³-hybridized carbons (Fsp3) is 0.364. The van der Waals surface area contributed by atoms with Crippen molar-refractivity contribution < 1.29 is 9.53 Å². The van der Waals surface area contributed by atoms with Gasteiger partial charge in [-0.15, -0.1) is 0 Å². The van der Waals surface area contributed by atoms with E-state index in [4.69, 9.17) is 10.5 Å². The van der Waals surface area contributed by atoms with Crippen LogP contribution < -0.4 is 11.1 Å². The Morgan fingerprint density at radius 3 is 3.00 bits per heavy atom. The number of halogens is 1. The molecule has 4 nitrogen and oxygen atoms in total. The van der Waals surface area contributed by atoms with E-state index in [0.717, 1.165) is 9.26 Å². The van der Waals surface area contributed by atoms with Gasteiger partial charge in [0.15, 0.2) is 0 Å². The molecular formula is C11H13IN2O2. The third-order valence-electron chi connectivity index (χ3n) is 2.59. The van der Waals surface area contributed by atoms with Crippen LogP contribution in [0.2, 0.25) is 0 Å². The number of hydrogen-bond donors (Lipinski definition) is 2. The van der Waals surface area contributed by atoms with Gasteiger partial charge in [0, 0.05) is 15.9 Å². The van der Waals surface area contributed by atoms with E-state index in [0.29, 0.717) is 19.6 Å². The largest absolute Gasteiger partial charge is 0.379 e. The minimum Gasteiger partial charge on any atom is -0.379 e. The zero-order chi connectivity index (χ0) is 11.6. The molecule has 5 heteroatoms. The van der Waals surface area contributed by atoms with Crippen molar-refractivity contribution in [2.45, 2.75) is 12.0 Å². The Hall–Kier alpha value is -0.660. The molecule has 0 radical (unpaired) electrons. The summed E-state index contributed by atoms with van der Waals surface area (Å²) in [5.74, 6) is -0.174. The van der Waals surface area contributed by atoms with E-state index in [1.165, 1.54) is 0 Å². The molecule has 0 aromatic heterocycles. The average molecular weight is 332 g/mol. The van der Waals surface area contributed by atoms with Crippen LogP contribution in [0.15, 0.2) is 24.3 Å². The summed E-state index contributed by atoms with van der Waals surface area (Å²) in [6, 6.07) is 7.61. The minimum atomic E-state index is -0.874. The number of ether oxygens (including phenoxy) is 1. The monoisotopic (exact) mass is 332 g/mol. The summed E-state index contributed by atoms with van der Waals surface area (Å²) in [5.41, 5.74) is 5.85. The lowest BCUT2D eigenvalue weighted by Crippen LogP contribution is -2.51. The maximum absolute atomic E-state index is 11.9. The summed E-state index contributed by atoms with van der Waals surface area (Å²) < 4.78 is 6.23. The number of benzene rings is 1. The maximum Gasteiger partial charge on any atom is 0.246 e. The van der Waals surface area contributed by atoms with Gasteiger partial charge in [-0.3, -0.25) is 4.79 Å². The predicted molar refractivity (Wildman–Crippen MR) is 70.1 cm³/mol. The molecule has 1 heterocycles. The Labute approximate surface area is 108 Å². The highest BCUT2D eigenvalue weighted by Gasteiger charge is 2.38. The molecule has 1 saturated heterocycles. The number of carbonyl (C=O) groups excluding carboxylic acids is 1. The van der Waals surface area contributed by atoms with Gasteiger partial charge < -0.3 is 15.8 Å². The van der Waals surface area contributed by atoms with Crippen molar-refractivity contribution in [2.24, 2.45) is 5.73 Å². The molecule has 0 aliphatic carbocycles. The molecule has 86 valence electrons. The SMILES string of the molecule is NC1(C(=O)Nc2cccc(I)c2)CCOC1. The molecule has 0 bridgehead atoms. The van der Waals surface area contributed by atoms with Crippen LogP contribution in [0.4, 0.5) is 5.69 Å². The third-order valence-corrected chi connectivity index (χ3v) is 3.26. The van der Waals surface area contributed by atoms with E-state index in [2.05, 4.69) is 27.9 Å². The van der Waals surface area contributed by atoms with Crippen molar-refractivity contribution in [3.63, 3.8) is 0 Å². The quantitative estimate of drug-likeness (QED) is 0.804. The van der Waals surface area contributed by atoms with Gasteiger partial charge >= 0.3 is 0 Å². The summed E-state index contributed by atoms with van der Waals surface area (Å²) >= 11 is 2.20. The summed E-state index contributed by atoms with van der Waals surface area (Å²) in [7, 11) is 0. The van der Waals surface area contributed by atoms with E-state index < -0.39 is 5.54 Å². The van der Waals surface area contributed by atoms with Crippen LogP contribution in [0, 0.1) is 3.57 Å². The first-order chi connectivity index (χ1) is 7.60. The molecular weight excluding hydrogens is 319 g/mol. The topological polar surface area (TPSA) is 64.4 Å². The Morgan fingerprint density at radius 1 is 1.56 bits per heavy atom. The average Bonchev–Trinajstić information content (AvgIpc) is 2.66. The normalized spacial score (nSPS) is 24.4. The van der Waals surface area contributed by atoms with Crippen LogP contribution in [0.3, 0.4) is 0 Å². The molecule has 1 atom stereocenters. The van der Waals surface area contributed by atoms with Gasteiger partial charge in [-0.25, -0.2) is 0 Å². The molecule has 1 fully saturated rings. The van der Waals surface area contributed by atoms with Crippen molar-refractivity contribution >= 4 is 34.2 Å². The lowest BCUT2D eigenvalue weighted by molar-refractivity contribution is -0.121. The minimum absolute atomic E-state index is 0.174. The van der Waals surface area contributed by atoms with Crippen molar-refractivity contribution in [1.82, 2.24) is 0 Å². The van der Waals surface area contributed by atoms with Gasteiger partial charge in [0.05, 0.1) is 6.61 Å². The van der Waals surface area contributed by atoms with Crippen molar-refractivity contribution in [3.8, 4) is 0 Å². The van der Waals surface area contributed by atoms with E-state index in [1.54, 1.807) is 0 Å². The molecule has 1 aromatic rings. The van der Waals surface area contributed by atoms with Crippen LogP contribution in [-0.4, -0.2) is 24.7 Å². The molecule has 1 amide bonds. The lowest BCUT2D eigenvalue weighted by atomic mass is 9.99. The highest BCUT2D eigenvalue weighted by molar-refractivity contribution is 14.1. The first kappa shape index (κ1) is 11.8. The lowest BCUT2D eigenvalue weighted by Gasteiger charge is -2.20. The smallest absolute Gasteiger partial charge is 0.246 e. The highest BCUT2D eigenvalue weighted by atomic mass is 127. The predicted octanol–water partition coefficient (Wildman–Crippen LogP) is 1.35. The molecule has 16 heavy (non-hydrogen) atoms. The second-order valence-corrected chi connectivity index (χ2v) is 5.17. The zero-order valence-electron chi connectivity index (χ0n) is 8.70. The standard InChI is InChI=1S/C11H13IN2O2/c12-8-2-1-3-9(6-8)14-10(15)11(13)4-5-16-7-11/h1-3,6H,4-5,7,13H2,(H,14,15). The molecule has 0 spiro atoms. The van der Waals surface area contributed by atoms with Crippen molar-refractivity contribution in [2.75, 3.05) is 18.5 Å². The summed E-state index contributed by atoms with van der Waals surface area (Å²) in [4.78, 5) is 11.9. The first-order valence-corrected chi connectivity index (χ1v) is 6.12. The van der Waals surface area contributed by atoms with Crippen LogP contribution in [-0.2, 0) is 9.53 Å². The summed E-state index contributed by atoms with van der Waals surface area (Å²) in [5, 5.41) is 2.82. The van der Waals surface area contributed by atoms with E-state index in [-0.39, 0.29) is 5.91 Å². The van der Waals surface area contributed by atoms with Gasteiger partial charge in [0.25, 0.3) is 0 Å². The molecule has 3 N–H and O–H groups in total. The van der Waals surface area contributed by atoms with Gasteiger partial charge in [0.1, 0.15) is 5.54 Å². The number of rotatable bonds is 2. The molecule has 1 aromatic carbocycles. The number of hydrogen-bond acceptors (Lipinski definition) is 3.